The predicted molar refractivity (Wildman–Crippen MR) is 68.5 cm³/mol. The van der Waals surface area contributed by atoms with E-state index in [0.29, 0.717) is 10.9 Å². The van der Waals surface area contributed by atoms with Gasteiger partial charge in [-0.1, -0.05) is 37.4 Å². The maximum atomic E-state index is 13.2. The van der Waals surface area contributed by atoms with Crippen LogP contribution in [0.4, 0.5) is 4.39 Å². The van der Waals surface area contributed by atoms with Crippen molar-refractivity contribution < 1.29 is 4.39 Å². The topological polar surface area (TPSA) is 0 Å². The molecule has 1 aromatic carbocycles. The van der Waals surface area contributed by atoms with E-state index in [4.69, 9.17) is 11.6 Å². The molecule has 0 N–H and O–H groups in total. The molecule has 0 fully saturated rings. The SMILES string of the molecule is C=CCC(CCCC)c1cc(F)cc(Cl)c1. The van der Waals surface area contributed by atoms with Gasteiger partial charge in [-0.15, -0.1) is 6.58 Å². The third-order valence-corrected chi connectivity index (χ3v) is 2.93. The molecular formula is C14H18ClF. The molecule has 0 aliphatic carbocycles. The van der Waals surface area contributed by atoms with Gasteiger partial charge in [0.05, 0.1) is 0 Å². The normalized spacial score (nSPS) is 12.4. The largest absolute Gasteiger partial charge is 0.207 e. The summed E-state index contributed by atoms with van der Waals surface area (Å²) < 4.78 is 13.2. The van der Waals surface area contributed by atoms with Crippen LogP contribution in [-0.2, 0) is 0 Å². The van der Waals surface area contributed by atoms with E-state index in [9.17, 15) is 4.39 Å². The lowest BCUT2D eigenvalue weighted by Gasteiger charge is -2.15. The Morgan fingerprint density at radius 3 is 2.75 bits per heavy atom. The summed E-state index contributed by atoms with van der Waals surface area (Å²) in [7, 11) is 0. The van der Waals surface area contributed by atoms with Gasteiger partial charge in [0.2, 0.25) is 0 Å². The molecule has 1 aromatic rings. The monoisotopic (exact) mass is 240 g/mol. The summed E-state index contributed by atoms with van der Waals surface area (Å²) in [6, 6.07) is 4.78. The van der Waals surface area contributed by atoms with E-state index in [-0.39, 0.29) is 5.82 Å². The Bertz CT molecular complexity index is 326. The zero-order valence-electron chi connectivity index (χ0n) is 9.68. The summed E-state index contributed by atoms with van der Waals surface area (Å²) in [5.74, 6) is 0.0821. The standard InChI is InChI=1S/C14H18ClF/c1-3-5-7-11(6-4-2)12-8-13(15)10-14(16)9-12/h4,8-11H,2-3,5-7H2,1H3. The number of rotatable bonds is 6. The fraction of sp³-hybridized carbons (Fsp3) is 0.429. The number of unbranched alkanes of at least 4 members (excludes halogenated alkanes) is 1. The minimum Gasteiger partial charge on any atom is -0.207 e. The highest BCUT2D eigenvalue weighted by atomic mass is 35.5. The zero-order chi connectivity index (χ0) is 12.0. The Balaban J connectivity index is 2.86. The maximum Gasteiger partial charge on any atom is 0.124 e. The van der Waals surface area contributed by atoms with Gasteiger partial charge in [-0.25, -0.2) is 4.39 Å². The molecule has 0 saturated carbocycles. The van der Waals surface area contributed by atoms with Crippen LogP contribution in [0.5, 0.6) is 0 Å². The second kappa shape index (κ2) is 6.70. The summed E-state index contributed by atoms with van der Waals surface area (Å²) in [4.78, 5) is 0. The summed E-state index contributed by atoms with van der Waals surface area (Å²) in [5, 5.41) is 0.473. The van der Waals surface area contributed by atoms with Crippen molar-refractivity contribution in [3.63, 3.8) is 0 Å². The first kappa shape index (κ1) is 13.2. The van der Waals surface area contributed by atoms with Crippen molar-refractivity contribution in [1.82, 2.24) is 0 Å². The van der Waals surface area contributed by atoms with Crippen LogP contribution in [0.1, 0.15) is 44.1 Å². The highest BCUT2D eigenvalue weighted by Crippen LogP contribution is 2.28. The van der Waals surface area contributed by atoms with Gasteiger partial charge in [0.1, 0.15) is 5.82 Å². The average Bonchev–Trinajstić information content (AvgIpc) is 2.22. The van der Waals surface area contributed by atoms with Crippen LogP contribution in [0.25, 0.3) is 0 Å². The first-order valence-corrected chi connectivity index (χ1v) is 6.12. The van der Waals surface area contributed by atoms with Crippen LogP contribution in [0.3, 0.4) is 0 Å². The van der Waals surface area contributed by atoms with Crippen LogP contribution < -0.4 is 0 Å². The molecule has 2 heteroatoms. The van der Waals surface area contributed by atoms with Crippen LogP contribution in [-0.4, -0.2) is 0 Å². The number of benzene rings is 1. The van der Waals surface area contributed by atoms with E-state index in [1.165, 1.54) is 6.07 Å². The molecule has 0 nitrogen and oxygen atoms in total. The predicted octanol–water partition coefficient (Wildman–Crippen LogP) is 5.33. The maximum absolute atomic E-state index is 13.2. The van der Waals surface area contributed by atoms with Gasteiger partial charge in [0.15, 0.2) is 0 Å². The first-order valence-electron chi connectivity index (χ1n) is 5.74. The fourth-order valence-corrected chi connectivity index (χ4v) is 2.11. The van der Waals surface area contributed by atoms with E-state index in [1.54, 1.807) is 6.07 Å². The molecule has 0 radical (unpaired) electrons. The lowest BCUT2D eigenvalue weighted by Crippen LogP contribution is -1.98. The van der Waals surface area contributed by atoms with Crippen LogP contribution in [0, 0.1) is 5.82 Å². The highest BCUT2D eigenvalue weighted by Gasteiger charge is 2.11. The molecule has 0 aliphatic rings. The second-order valence-corrected chi connectivity index (χ2v) is 4.50. The minimum atomic E-state index is -0.256. The molecule has 0 aliphatic heterocycles. The molecule has 16 heavy (non-hydrogen) atoms. The third kappa shape index (κ3) is 3.97. The van der Waals surface area contributed by atoms with Crippen molar-refractivity contribution >= 4 is 11.6 Å². The Hall–Kier alpha value is -0.820. The number of hydrogen-bond donors (Lipinski definition) is 0. The first-order chi connectivity index (χ1) is 7.67. The Kier molecular flexibility index (Phi) is 5.54. The molecule has 1 atom stereocenters. The number of halogens is 2. The molecule has 0 heterocycles. The van der Waals surface area contributed by atoms with Gasteiger partial charge in [0, 0.05) is 5.02 Å². The summed E-state index contributed by atoms with van der Waals surface area (Å²) in [6.07, 6.45) is 6.12. The van der Waals surface area contributed by atoms with E-state index in [1.807, 2.05) is 12.1 Å². The molecule has 0 saturated heterocycles. The third-order valence-electron chi connectivity index (χ3n) is 2.71. The Morgan fingerprint density at radius 1 is 1.44 bits per heavy atom. The smallest absolute Gasteiger partial charge is 0.124 e. The summed E-state index contributed by atoms with van der Waals surface area (Å²) in [6.45, 7) is 5.91. The van der Waals surface area contributed by atoms with E-state index < -0.39 is 0 Å². The molecular weight excluding hydrogens is 223 g/mol. The van der Waals surface area contributed by atoms with Crippen molar-refractivity contribution in [3.05, 3.63) is 47.3 Å². The van der Waals surface area contributed by atoms with E-state index in [2.05, 4.69) is 13.5 Å². The number of allylic oxidation sites excluding steroid dienone is 1. The van der Waals surface area contributed by atoms with Crippen molar-refractivity contribution in [2.45, 2.75) is 38.5 Å². The van der Waals surface area contributed by atoms with Crippen molar-refractivity contribution in [1.29, 1.82) is 0 Å². The summed E-state index contributed by atoms with van der Waals surface area (Å²) in [5.41, 5.74) is 0.985. The molecule has 88 valence electrons. The van der Waals surface area contributed by atoms with Gasteiger partial charge < -0.3 is 0 Å². The van der Waals surface area contributed by atoms with Gasteiger partial charge in [-0.2, -0.15) is 0 Å². The molecule has 0 spiro atoms. The molecule has 1 unspecified atom stereocenters. The number of hydrogen-bond acceptors (Lipinski definition) is 0. The van der Waals surface area contributed by atoms with Crippen LogP contribution >= 0.6 is 11.6 Å². The van der Waals surface area contributed by atoms with Gasteiger partial charge in [0.25, 0.3) is 0 Å². The lowest BCUT2D eigenvalue weighted by molar-refractivity contribution is 0.578. The highest BCUT2D eigenvalue weighted by molar-refractivity contribution is 6.30. The average molecular weight is 241 g/mol. The minimum absolute atomic E-state index is 0.256. The molecule has 0 amide bonds. The second-order valence-electron chi connectivity index (χ2n) is 4.07. The van der Waals surface area contributed by atoms with E-state index >= 15 is 0 Å². The van der Waals surface area contributed by atoms with Crippen molar-refractivity contribution in [3.8, 4) is 0 Å². The fourth-order valence-electron chi connectivity index (χ4n) is 1.88. The van der Waals surface area contributed by atoms with E-state index in [0.717, 1.165) is 31.2 Å². The van der Waals surface area contributed by atoms with Crippen LogP contribution in [0.15, 0.2) is 30.9 Å². The lowest BCUT2D eigenvalue weighted by atomic mass is 9.91. The Labute approximate surface area is 102 Å². The Morgan fingerprint density at radius 2 is 2.19 bits per heavy atom. The molecule has 1 rings (SSSR count). The molecule has 0 aromatic heterocycles. The van der Waals surface area contributed by atoms with Crippen LogP contribution in [0.2, 0.25) is 5.02 Å². The zero-order valence-corrected chi connectivity index (χ0v) is 10.4. The van der Waals surface area contributed by atoms with Gasteiger partial charge >= 0.3 is 0 Å². The van der Waals surface area contributed by atoms with Crippen molar-refractivity contribution in [2.75, 3.05) is 0 Å². The molecule has 0 bridgehead atoms. The van der Waals surface area contributed by atoms with Gasteiger partial charge in [-0.05, 0) is 42.5 Å². The summed E-state index contributed by atoms with van der Waals surface area (Å²) >= 11 is 5.86. The quantitative estimate of drug-likeness (QED) is 0.590. The van der Waals surface area contributed by atoms with Gasteiger partial charge in [-0.3, -0.25) is 0 Å². The van der Waals surface area contributed by atoms with Crippen molar-refractivity contribution in [2.24, 2.45) is 0 Å².